The zero-order valence-corrected chi connectivity index (χ0v) is 8.59. The molecule has 1 amide bonds. The molecule has 0 aliphatic carbocycles. The second kappa shape index (κ2) is 4.75. The van der Waals surface area contributed by atoms with Crippen LogP contribution in [0.5, 0.6) is 0 Å². The standard InChI is InChI=1S/C10H19N3O/c14-10(9-4-5-11-8-9)12-13-6-2-1-3-7-13/h9,11H,1-8H2,(H,12,14). The minimum Gasteiger partial charge on any atom is -0.316 e. The maximum Gasteiger partial charge on any atom is 0.238 e. The van der Waals surface area contributed by atoms with E-state index >= 15 is 0 Å². The quantitative estimate of drug-likeness (QED) is 0.660. The van der Waals surface area contributed by atoms with Crippen molar-refractivity contribution in [3.05, 3.63) is 0 Å². The Kier molecular flexibility index (Phi) is 3.37. The van der Waals surface area contributed by atoms with Crippen molar-refractivity contribution in [1.29, 1.82) is 0 Å². The lowest BCUT2D eigenvalue weighted by molar-refractivity contribution is -0.129. The number of amides is 1. The Morgan fingerprint density at radius 3 is 2.71 bits per heavy atom. The second-order valence-corrected chi connectivity index (χ2v) is 4.21. The molecule has 2 heterocycles. The van der Waals surface area contributed by atoms with Crippen LogP contribution in [0.2, 0.25) is 0 Å². The predicted octanol–water partition coefficient (Wildman–Crippen LogP) is 0.113. The Bertz CT molecular complexity index is 196. The highest BCUT2D eigenvalue weighted by Gasteiger charge is 2.24. The van der Waals surface area contributed by atoms with Crippen LogP contribution in [0.15, 0.2) is 0 Å². The molecule has 0 bridgehead atoms. The van der Waals surface area contributed by atoms with Crippen molar-refractivity contribution in [3.8, 4) is 0 Å². The number of piperidine rings is 1. The molecule has 2 fully saturated rings. The summed E-state index contributed by atoms with van der Waals surface area (Å²) in [5.74, 6) is 0.397. The summed E-state index contributed by atoms with van der Waals surface area (Å²) in [4.78, 5) is 11.7. The first-order chi connectivity index (χ1) is 6.86. The molecule has 80 valence electrons. The van der Waals surface area contributed by atoms with Crippen LogP contribution in [0.4, 0.5) is 0 Å². The summed E-state index contributed by atoms with van der Waals surface area (Å²) in [6.45, 7) is 3.87. The molecule has 1 atom stereocenters. The average Bonchev–Trinajstić information content (AvgIpc) is 2.72. The molecule has 4 nitrogen and oxygen atoms in total. The van der Waals surface area contributed by atoms with Crippen LogP contribution < -0.4 is 10.7 Å². The lowest BCUT2D eigenvalue weighted by Crippen LogP contribution is -2.47. The third kappa shape index (κ3) is 2.45. The van der Waals surface area contributed by atoms with Gasteiger partial charge in [-0.2, -0.15) is 0 Å². The third-order valence-corrected chi connectivity index (χ3v) is 3.06. The minimum absolute atomic E-state index is 0.192. The Hall–Kier alpha value is -0.610. The molecule has 2 rings (SSSR count). The first kappa shape index (κ1) is 9.93. The van der Waals surface area contributed by atoms with Gasteiger partial charge in [0, 0.05) is 19.6 Å². The van der Waals surface area contributed by atoms with E-state index in [4.69, 9.17) is 0 Å². The van der Waals surface area contributed by atoms with Gasteiger partial charge in [0.05, 0.1) is 5.92 Å². The summed E-state index contributed by atoms with van der Waals surface area (Å²) in [6, 6.07) is 0. The highest BCUT2D eigenvalue weighted by molar-refractivity contribution is 5.78. The third-order valence-electron chi connectivity index (χ3n) is 3.06. The number of hydrazine groups is 1. The molecule has 0 aromatic rings. The summed E-state index contributed by atoms with van der Waals surface area (Å²) >= 11 is 0. The predicted molar refractivity (Wildman–Crippen MR) is 54.5 cm³/mol. The molecule has 0 aromatic heterocycles. The van der Waals surface area contributed by atoms with E-state index in [2.05, 4.69) is 15.8 Å². The molecule has 0 spiro atoms. The maximum absolute atomic E-state index is 11.7. The molecule has 2 saturated heterocycles. The summed E-state index contributed by atoms with van der Waals surface area (Å²) in [5.41, 5.74) is 3.02. The van der Waals surface area contributed by atoms with Crippen molar-refractivity contribution in [3.63, 3.8) is 0 Å². The van der Waals surface area contributed by atoms with Crippen LogP contribution in [0, 0.1) is 5.92 Å². The SMILES string of the molecule is O=C(NN1CCCCC1)C1CCNC1. The molecule has 2 aliphatic rings. The number of hydrogen-bond acceptors (Lipinski definition) is 3. The van der Waals surface area contributed by atoms with Gasteiger partial charge in [-0.15, -0.1) is 0 Å². The first-order valence-corrected chi connectivity index (χ1v) is 5.62. The number of carbonyl (C=O) groups excluding carboxylic acids is 1. The fraction of sp³-hybridized carbons (Fsp3) is 0.900. The van der Waals surface area contributed by atoms with Gasteiger partial charge < -0.3 is 5.32 Å². The average molecular weight is 197 g/mol. The normalized spacial score (nSPS) is 29.0. The monoisotopic (exact) mass is 197 g/mol. The van der Waals surface area contributed by atoms with E-state index in [9.17, 15) is 4.79 Å². The number of nitrogens with zero attached hydrogens (tertiary/aromatic N) is 1. The van der Waals surface area contributed by atoms with Crippen LogP contribution in [-0.4, -0.2) is 37.1 Å². The van der Waals surface area contributed by atoms with Gasteiger partial charge in [-0.25, -0.2) is 5.01 Å². The van der Waals surface area contributed by atoms with Crippen molar-refractivity contribution in [2.75, 3.05) is 26.2 Å². The van der Waals surface area contributed by atoms with Gasteiger partial charge in [-0.3, -0.25) is 10.2 Å². The number of rotatable bonds is 2. The number of carbonyl (C=O) groups is 1. The molecular weight excluding hydrogens is 178 g/mol. The summed E-state index contributed by atoms with van der Waals surface area (Å²) in [7, 11) is 0. The van der Waals surface area contributed by atoms with Gasteiger partial charge in [0.2, 0.25) is 5.91 Å². The second-order valence-electron chi connectivity index (χ2n) is 4.21. The fourth-order valence-electron chi connectivity index (χ4n) is 2.13. The fourth-order valence-corrected chi connectivity index (χ4v) is 2.13. The minimum atomic E-state index is 0.192. The molecule has 0 saturated carbocycles. The lowest BCUT2D eigenvalue weighted by atomic mass is 10.1. The van der Waals surface area contributed by atoms with Gasteiger partial charge in [-0.1, -0.05) is 6.42 Å². The van der Waals surface area contributed by atoms with Gasteiger partial charge in [0.25, 0.3) is 0 Å². The molecule has 2 aliphatic heterocycles. The van der Waals surface area contributed by atoms with Crippen LogP contribution in [0.25, 0.3) is 0 Å². The Labute approximate surface area is 85.0 Å². The van der Waals surface area contributed by atoms with E-state index in [0.29, 0.717) is 0 Å². The van der Waals surface area contributed by atoms with E-state index in [1.807, 2.05) is 0 Å². The van der Waals surface area contributed by atoms with Crippen LogP contribution in [0.3, 0.4) is 0 Å². The van der Waals surface area contributed by atoms with Gasteiger partial charge in [0.1, 0.15) is 0 Å². The molecule has 0 radical (unpaired) electrons. The molecule has 2 N–H and O–H groups in total. The van der Waals surface area contributed by atoms with E-state index in [1.165, 1.54) is 19.3 Å². The molecule has 1 unspecified atom stereocenters. The largest absolute Gasteiger partial charge is 0.316 e. The van der Waals surface area contributed by atoms with Crippen molar-refractivity contribution >= 4 is 5.91 Å². The number of hydrogen-bond donors (Lipinski definition) is 2. The molecule has 0 aromatic carbocycles. The van der Waals surface area contributed by atoms with Gasteiger partial charge in [0.15, 0.2) is 0 Å². The van der Waals surface area contributed by atoms with Crippen molar-refractivity contribution < 1.29 is 4.79 Å². The smallest absolute Gasteiger partial charge is 0.238 e. The number of nitrogens with one attached hydrogen (secondary N) is 2. The summed E-state index contributed by atoms with van der Waals surface area (Å²) in [6.07, 6.45) is 4.71. The van der Waals surface area contributed by atoms with Crippen LogP contribution in [-0.2, 0) is 4.79 Å². The Balaban J connectivity index is 1.75. The van der Waals surface area contributed by atoms with Crippen molar-refractivity contribution in [2.45, 2.75) is 25.7 Å². The Morgan fingerprint density at radius 2 is 2.07 bits per heavy atom. The highest BCUT2D eigenvalue weighted by Crippen LogP contribution is 2.10. The lowest BCUT2D eigenvalue weighted by Gasteiger charge is -2.27. The van der Waals surface area contributed by atoms with E-state index in [0.717, 1.165) is 32.6 Å². The molecular formula is C10H19N3O. The topological polar surface area (TPSA) is 44.4 Å². The van der Waals surface area contributed by atoms with Gasteiger partial charge in [-0.05, 0) is 25.8 Å². The van der Waals surface area contributed by atoms with E-state index < -0.39 is 0 Å². The van der Waals surface area contributed by atoms with Crippen molar-refractivity contribution in [2.24, 2.45) is 5.92 Å². The van der Waals surface area contributed by atoms with Crippen molar-refractivity contribution in [1.82, 2.24) is 15.8 Å². The van der Waals surface area contributed by atoms with Gasteiger partial charge >= 0.3 is 0 Å². The maximum atomic E-state index is 11.7. The summed E-state index contributed by atoms with van der Waals surface area (Å²) < 4.78 is 0. The molecule has 14 heavy (non-hydrogen) atoms. The summed E-state index contributed by atoms with van der Waals surface area (Å²) in [5, 5.41) is 5.28. The zero-order valence-electron chi connectivity index (χ0n) is 8.59. The first-order valence-electron chi connectivity index (χ1n) is 5.62. The van der Waals surface area contributed by atoms with E-state index in [-0.39, 0.29) is 11.8 Å². The molecule has 4 heteroatoms. The van der Waals surface area contributed by atoms with Crippen LogP contribution in [0.1, 0.15) is 25.7 Å². The Morgan fingerprint density at radius 1 is 1.29 bits per heavy atom. The highest BCUT2D eigenvalue weighted by atomic mass is 16.2. The van der Waals surface area contributed by atoms with E-state index in [1.54, 1.807) is 0 Å². The zero-order chi connectivity index (χ0) is 9.80. The van der Waals surface area contributed by atoms with Crippen LogP contribution >= 0.6 is 0 Å².